The molecule has 3 heteroatoms. The van der Waals surface area contributed by atoms with Gasteiger partial charge in [-0.1, -0.05) is 6.92 Å². The Bertz CT molecular complexity index is 72.8. The number of hydrogen-bond acceptors (Lipinski definition) is 2. The molecule has 0 bridgehead atoms. The second-order valence-corrected chi connectivity index (χ2v) is 3.23. The molecule has 0 N–H and O–H groups in total. The van der Waals surface area contributed by atoms with Crippen molar-refractivity contribution in [3.8, 4) is 0 Å². The highest BCUT2D eigenvalue weighted by Gasteiger charge is 1.90. The Morgan fingerprint density at radius 1 is 1.75 bits per heavy atom. The van der Waals surface area contributed by atoms with Gasteiger partial charge in [-0.2, -0.15) is 11.8 Å². The summed E-state index contributed by atoms with van der Waals surface area (Å²) in [5.41, 5.74) is 0. The van der Waals surface area contributed by atoms with Gasteiger partial charge in [0.2, 0.25) is 0 Å². The predicted octanol–water partition coefficient (Wildman–Crippen LogP) is 1.59. The van der Waals surface area contributed by atoms with Gasteiger partial charge in [-0.25, -0.2) is 0 Å². The number of carbonyl (C=O) groups is 1. The van der Waals surface area contributed by atoms with Crippen LogP contribution in [0.5, 0.6) is 0 Å². The molecule has 48 valence electrons. The Labute approximate surface area is 59.6 Å². The van der Waals surface area contributed by atoms with Crippen molar-refractivity contribution in [3.05, 3.63) is 0 Å². The molecule has 0 atom stereocenters. The minimum absolute atomic E-state index is 0.00838. The second kappa shape index (κ2) is 5.51. The van der Waals surface area contributed by atoms with Crippen LogP contribution in [0.1, 0.15) is 13.3 Å². The summed E-state index contributed by atoms with van der Waals surface area (Å²) in [6, 6.07) is 0. The maximum Gasteiger partial charge on any atom is 0.186 e. The Morgan fingerprint density at radius 2 is 2.38 bits per heavy atom. The smallest absolute Gasteiger partial charge is 0.186 e. The molecule has 0 fully saturated rings. The lowest BCUT2D eigenvalue weighted by Crippen LogP contribution is -1.88. The van der Waals surface area contributed by atoms with Crippen LogP contribution >= 0.6 is 24.4 Å². The first-order valence-electron chi connectivity index (χ1n) is 2.57. The highest BCUT2D eigenvalue weighted by molar-refractivity contribution is 7.99. The van der Waals surface area contributed by atoms with E-state index in [2.05, 4.69) is 19.6 Å². The van der Waals surface area contributed by atoms with Crippen LogP contribution in [-0.2, 0) is 4.79 Å². The van der Waals surface area contributed by atoms with Crippen molar-refractivity contribution in [2.24, 2.45) is 0 Å². The molecule has 0 radical (unpaired) electrons. The van der Waals surface area contributed by atoms with Crippen LogP contribution in [0.2, 0.25) is 0 Å². The first kappa shape index (κ1) is 8.37. The predicted molar refractivity (Wildman–Crippen MR) is 41.6 cm³/mol. The van der Waals surface area contributed by atoms with E-state index >= 15 is 0 Å². The average Bonchev–Trinajstić information content (AvgIpc) is 1.66. The summed E-state index contributed by atoms with van der Waals surface area (Å²) in [5.74, 6) is 2.00. The van der Waals surface area contributed by atoms with Crippen molar-refractivity contribution in [1.29, 1.82) is 0 Å². The van der Waals surface area contributed by atoms with Crippen LogP contribution < -0.4 is 0 Å². The fourth-order valence-electron chi connectivity index (χ4n) is 0.304. The maximum atomic E-state index is 10.2. The molecule has 0 rings (SSSR count). The highest BCUT2D eigenvalue weighted by atomic mass is 32.2. The number of carbonyl (C=O) groups excluding carboxylic acids is 1. The molecule has 0 amide bonds. The minimum Gasteiger partial charge on any atom is -0.287 e. The number of thioether (sulfide) groups is 1. The quantitative estimate of drug-likeness (QED) is 0.484. The van der Waals surface area contributed by atoms with E-state index < -0.39 is 0 Å². The topological polar surface area (TPSA) is 17.1 Å². The Balaban J connectivity index is 2.82. The third-order valence-electron chi connectivity index (χ3n) is 0.664. The van der Waals surface area contributed by atoms with Crippen LogP contribution in [0, 0.1) is 0 Å². The van der Waals surface area contributed by atoms with Gasteiger partial charge in [0, 0.05) is 12.2 Å². The van der Waals surface area contributed by atoms with Gasteiger partial charge in [0.1, 0.15) is 0 Å². The summed E-state index contributed by atoms with van der Waals surface area (Å²) in [7, 11) is 0. The molecule has 8 heavy (non-hydrogen) atoms. The number of thiol groups is 1. The van der Waals surface area contributed by atoms with Gasteiger partial charge in [-0.15, -0.1) is 12.6 Å². The van der Waals surface area contributed by atoms with E-state index in [4.69, 9.17) is 0 Å². The van der Waals surface area contributed by atoms with E-state index in [9.17, 15) is 4.79 Å². The number of rotatable bonds is 4. The maximum absolute atomic E-state index is 10.2. The standard InChI is InChI=1S/C5H10OS2/c1-2-8-4-3-5(6)7/h2-4H2,1H3,(H,6,7). The van der Waals surface area contributed by atoms with Crippen LogP contribution in [0.4, 0.5) is 0 Å². The first-order valence-corrected chi connectivity index (χ1v) is 4.17. The molecule has 0 heterocycles. The fraction of sp³-hybridized carbons (Fsp3) is 0.800. The molecule has 0 aromatic rings. The van der Waals surface area contributed by atoms with Gasteiger partial charge >= 0.3 is 0 Å². The molecule has 0 aromatic carbocycles. The van der Waals surface area contributed by atoms with Crippen LogP contribution in [0.3, 0.4) is 0 Å². The van der Waals surface area contributed by atoms with Crippen molar-refractivity contribution in [3.63, 3.8) is 0 Å². The van der Waals surface area contributed by atoms with Crippen LogP contribution in [0.25, 0.3) is 0 Å². The average molecular weight is 150 g/mol. The van der Waals surface area contributed by atoms with Gasteiger partial charge in [0.15, 0.2) is 5.12 Å². The molecule has 0 spiro atoms. The van der Waals surface area contributed by atoms with E-state index in [0.717, 1.165) is 11.5 Å². The molecule has 1 nitrogen and oxygen atoms in total. The summed E-state index contributed by atoms with van der Waals surface area (Å²) in [5, 5.41) is -0.00838. The van der Waals surface area contributed by atoms with E-state index in [1.807, 2.05) is 0 Å². The van der Waals surface area contributed by atoms with Gasteiger partial charge in [-0.05, 0) is 5.75 Å². The zero-order valence-electron chi connectivity index (χ0n) is 4.89. The van der Waals surface area contributed by atoms with Gasteiger partial charge in [0.05, 0.1) is 0 Å². The van der Waals surface area contributed by atoms with Crippen LogP contribution in [-0.4, -0.2) is 16.6 Å². The van der Waals surface area contributed by atoms with E-state index in [1.165, 1.54) is 0 Å². The molecule has 0 aliphatic rings. The Kier molecular flexibility index (Phi) is 5.76. The molecular weight excluding hydrogens is 140 g/mol. The zero-order valence-corrected chi connectivity index (χ0v) is 6.60. The monoisotopic (exact) mass is 150 g/mol. The summed E-state index contributed by atoms with van der Waals surface area (Å²) in [4.78, 5) is 10.2. The van der Waals surface area contributed by atoms with Crippen molar-refractivity contribution < 1.29 is 4.79 Å². The van der Waals surface area contributed by atoms with E-state index in [0.29, 0.717) is 6.42 Å². The lowest BCUT2D eigenvalue weighted by molar-refractivity contribution is -0.110. The largest absolute Gasteiger partial charge is 0.287 e. The zero-order chi connectivity index (χ0) is 6.41. The fourth-order valence-corrected chi connectivity index (χ4v) is 1.19. The van der Waals surface area contributed by atoms with Crippen molar-refractivity contribution >= 4 is 29.5 Å². The van der Waals surface area contributed by atoms with Gasteiger partial charge in [-0.3, -0.25) is 4.79 Å². The molecule has 0 unspecified atom stereocenters. The molecule has 0 saturated carbocycles. The Morgan fingerprint density at radius 3 is 2.75 bits per heavy atom. The Hall–Kier alpha value is 0.370. The first-order chi connectivity index (χ1) is 3.77. The SMILES string of the molecule is CCSCCC(=O)S. The third-order valence-corrected chi connectivity index (χ3v) is 1.79. The molecular formula is C5H10OS2. The second-order valence-electron chi connectivity index (χ2n) is 1.34. The van der Waals surface area contributed by atoms with Gasteiger partial charge in [0.25, 0.3) is 0 Å². The van der Waals surface area contributed by atoms with Crippen molar-refractivity contribution in [1.82, 2.24) is 0 Å². The van der Waals surface area contributed by atoms with Crippen molar-refractivity contribution in [2.45, 2.75) is 13.3 Å². The normalized spacial score (nSPS) is 9.25. The van der Waals surface area contributed by atoms with Crippen molar-refractivity contribution in [2.75, 3.05) is 11.5 Å². The lowest BCUT2D eigenvalue weighted by Gasteiger charge is -1.90. The summed E-state index contributed by atoms with van der Waals surface area (Å²) in [6.45, 7) is 2.08. The van der Waals surface area contributed by atoms with E-state index in [1.54, 1.807) is 11.8 Å². The third kappa shape index (κ3) is 6.37. The summed E-state index contributed by atoms with van der Waals surface area (Å²) >= 11 is 5.39. The summed E-state index contributed by atoms with van der Waals surface area (Å²) in [6.07, 6.45) is 0.599. The summed E-state index contributed by atoms with van der Waals surface area (Å²) < 4.78 is 0. The molecule has 0 aliphatic carbocycles. The molecule has 0 aliphatic heterocycles. The van der Waals surface area contributed by atoms with Gasteiger partial charge < -0.3 is 0 Å². The molecule has 0 saturated heterocycles. The van der Waals surface area contributed by atoms with E-state index in [-0.39, 0.29) is 5.12 Å². The lowest BCUT2D eigenvalue weighted by atomic mass is 10.5. The minimum atomic E-state index is -0.00838. The van der Waals surface area contributed by atoms with Crippen LogP contribution in [0.15, 0.2) is 0 Å². The number of hydrogen-bond donors (Lipinski definition) is 1. The highest BCUT2D eigenvalue weighted by Crippen LogP contribution is 2.01. The molecule has 0 aromatic heterocycles.